The van der Waals surface area contributed by atoms with Crippen LogP contribution in [0.2, 0.25) is 0 Å². The molecule has 1 atom stereocenters. The highest BCUT2D eigenvalue weighted by Gasteiger charge is 2.12. The molecule has 0 heterocycles. The maximum Gasteiger partial charge on any atom is 0.119 e. The topological polar surface area (TPSA) is 29.5 Å². The minimum Gasteiger partial charge on any atom is -0.497 e. The molecular weight excluding hydrogens is 316 g/mol. The molecule has 0 saturated heterocycles. The summed E-state index contributed by atoms with van der Waals surface area (Å²) < 4.78 is 6.32. The van der Waals surface area contributed by atoms with Gasteiger partial charge >= 0.3 is 0 Å². The Kier molecular flexibility index (Phi) is 5.62. The number of ether oxygens (including phenoxy) is 1. The molecule has 0 radical (unpaired) electrons. The largest absolute Gasteiger partial charge is 0.497 e. The number of aliphatic hydroxyl groups excluding tert-OH is 1. The van der Waals surface area contributed by atoms with Crippen molar-refractivity contribution in [3.63, 3.8) is 0 Å². The first kappa shape index (κ1) is 15.1. The molecule has 2 rings (SSSR count). The molecule has 2 nitrogen and oxygen atoms in total. The van der Waals surface area contributed by atoms with Crippen LogP contribution in [0.15, 0.2) is 53.0 Å². The van der Waals surface area contributed by atoms with Gasteiger partial charge in [-0.15, -0.1) is 0 Å². The molecule has 0 saturated carbocycles. The zero-order chi connectivity index (χ0) is 14.4. The molecule has 0 aliphatic heterocycles. The van der Waals surface area contributed by atoms with Crippen molar-refractivity contribution < 1.29 is 9.84 Å². The van der Waals surface area contributed by atoms with E-state index in [-0.39, 0.29) is 12.5 Å². The quantitative estimate of drug-likeness (QED) is 0.869. The minimum atomic E-state index is 0.179. The van der Waals surface area contributed by atoms with Crippen LogP contribution in [0.5, 0.6) is 5.75 Å². The highest BCUT2D eigenvalue weighted by atomic mass is 79.9. The summed E-state index contributed by atoms with van der Waals surface area (Å²) in [6.07, 6.45) is 1.70. The van der Waals surface area contributed by atoms with E-state index in [1.54, 1.807) is 7.11 Å². The molecule has 0 fully saturated rings. The van der Waals surface area contributed by atoms with Gasteiger partial charge in [0.15, 0.2) is 0 Å². The van der Waals surface area contributed by atoms with Gasteiger partial charge < -0.3 is 9.84 Å². The molecule has 0 aliphatic rings. The number of benzene rings is 2. The highest BCUT2D eigenvalue weighted by Crippen LogP contribution is 2.26. The maximum absolute atomic E-state index is 9.62. The fraction of sp³-hybridized carbons (Fsp3) is 0.294. The van der Waals surface area contributed by atoms with Gasteiger partial charge in [-0.3, -0.25) is 0 Å². The Bertz CT molecular complexity index is 540. The maximum atomic E-state index is 9.62. The van der Waals surface area contributed by atoms with Crippen molar-refractivity contribution in [2.75, 3.05) is 13.7 Å². The number of methoxy groups -OCH3 is 1. The van der Waals surface area contributed by atoms with E-state index in [1.807, 2.05) is 36.4 Å². The lowest BCUT2D eigenvalue weighted by molar-refractivity contribution is 0.224. The first-order chi connectivity index (χ1) is 9.72. The van der Waals surface area contributed by atoms with Crippen molar-refractivity contribution in [2.45, 2.75) is 12.8 Å². The van der Waals surface area contributed by atoms with Crippen LogP contribution in [0.25, 0.3) is 0 Å². The zero-order valence-corrected chi connectivity index (χ0v) is 13.1. The van der Waals surface area contributed by atoms with Crippen molar-refractivity contribution in [1.82, 2.24) is 0 Å². The molecule has 106 valence electrons. The van der Waals surface area contributed by atoms with Crippen molar-refractivity contribution in [2.24, 2.45) is 5.92 Å². The average Bonchev–Trinajstić information content (AvgIpc) is 2.49. The van der Waals surface area contributed by atoms with Crippen LogP contribution in [0.1, 0.15) is 11.1 Å². The summed E-state index contributed by atoms with van der Waals surface area (Å²) in [6, 6.07) is 16.2. The second-order valence-electron chi connectivity index (χ2n) is 4.90. The van der Waals surface area contributed by atoms with E-state index in [4.69, 9.17) is 4.74 Å². The van der Waals surface area contributed by atoms with Gasteiger partial charge in [-0.2, -0.15) is 0 Å². The molecule has 0 bridgehead atoms. The van der Waals surface area contributed by atoms with E-state index in [9.17, 15) is 5.11 Å². The van der Waals surface area contributed by atoms with Crippen molar-refractivity contribution in [3.05, 3.63) is 64.1 Å². The van der Waals surface area contributed by atoms with Crippen molar-refractivity contribution >= 4 is 15.9 Å². The molecule has 1 N–H and O–H groups in total. The predicted molar refractivity (Wildman–Crippen MR) is 85.1 cm³/mol. The fourth-order valence-corrected chi connectivity index (χ4v) is 2.70. The summed E-state index contributed by atoms with van der Waals surface area (Å²) in [5.41, 5.74) is 2.42. The molecule has 0 aliphatic carbocycles. The van der Waals surface area contributed by atoms with Gasteiger partial charge in [0.1, 0.15) is 5.75 Å². The van der Waals surface area contributed by atoms with Crippen molar-refractivity contribution in [3.8, 4) is 5.75 Å². The number of aliphatic hydroxyl groups is 1. The Morgan fingerprint density at radius 1 is 1.10 bits per heavy atom. The number of rotatable bonds is 6. The number of hydrogen-bond acceptors (Lipinski definition) is 2. The van der Waals surface area contributed by atoms with Gasteiger partial charge in [0.2, 0.25) is 0 Å². The third-order valence-corrected chi connectivity index (χ3v) is 4.16. The summed E-state index contributed by atoms with van der Waals surface area (Å²) >= 11 is 3.57. The first-order valence-electron chi connectivity index (χ1n) is 6.70. The Morgan fingerprint density at radius 2 is 1.85 bits per heavy atom. The summed E-state index contributed by atoms with van der Waals surface area (Å²) in [4.78, 5) is 0. The lowest BCUT2D eigenvalue weighted by Crippen LogP contribution is -2.13. The van der Waals surface area contributed by atoms with Gasteiger partial charge in [0.25, 0.3) is 0 Å². The monoisotopic (exact) mass is 334 g/mol. The second-order valence-corrected chi connectivity index (χ2v) is 5.75. The van der Waals surface area contributed by atoms with E-state index in [1.165, 1.54) is 11.1 Å². The molecule has 3 heteroatoms. The third kappa shape index (κ3) is 4.09. The third-order valence-electron chi connectivity index (χ3n) is 3.39. The molecule has 20 heavy (non-hydrogen) atoms. The molecule has 0 aromatic heterocycles. The smallest absolute Gasteiger partial charge is 0.119 e. The van der Waals surface area contributed by atoms with Crippen LogP contribution in [-0.2, 0) is 12.8 Å². The Labute approximate surface area is 128 Å². The lowest BCUT2D eigenvalue weighted by Gasteiger charge is -2.16. The van der Waals surface area contributed by atoms with E-state index in [2.05, 4.69) is 28.1 Å². The predicted octanol–water partition coefficient (Wildman–Crippen LogP) is 3.85. The zero-order valence-electron chi connectivity index (χ0n) is 11.6. The molecule has 2 aromatic rings. The van der Waals surface area contributed by atoms with Crippen LogP contribution in [0.4, 0.5) is 0 Å². The van der Waals surface area contributed by atoms with E-state index in [0.29, 0.717) is 0 Å². The summed E-state index contributed by atoms with van der Waals surface area (Å²) in [5.74, 6) is 1.06. The van der Waals surface area contributed by atoms with Crippen LogP contribution >= 0.6 is 15.9 Å². The normalized spacial score (nSPS) is 12.2. The number of halogens is 1. The highest BCUT2D eigenvalue weighted by molar-refractivity contribution is 9.10. The summed E-state index contributed by atoms with van der Waals surface area (Å²) in [7, 11) is 1.67. The Balaban J connectivity index is 2.10. The van der Waals surface area contributed by atoms with Crippen molar-refractivity contribution in [1.29, 1.82) is 0 Å². The van der Waals surface area contributed by atoms with Crippen LogP contribution in [0, 0.1) is 5.92 Å². The average molecular weight is 335 g/mol. The molecule has 0 amide bonds. The fourth-order valence-electron chi connectivity index (χ4n) is 2.29. The first-order valence-corrected chi connectivity index (χ1v) is 7.49. The van der Waals surface area contributed by atoms with Gasteiger partial charge in [-0.25, -0.2) is 0 Å². The Morgan fingerprint density at radius 3 is 2.50 bits per heavy atom. The summed E-state index contributed by atoms with van der Waals surface area (Å²) in [6.45, 7) is 0.179. The van der Waals surface area contributed by atoms with Crippen LogP contribution in [-0.4, -0.2) is 18.8 Å². The second kappa shape index (κ2) is 7.46. The molecule has 0 spiro atoms. The van der Waals surface area contributed by atoms with Gasteiger partial charge in [0, 0.05) is 11.1 Å². The minimum absolute atomic E-state index is 0.179. The molecule has 1 unspecified atom stereocenters. The van der Waals surface area contributed by atoms with Gasteiger partial charge in [-0.05, 0) is 48.1 Å². The number of hydrogen-bond donors (Lipinski definition) is 1. The molecular formula is C17H19BrO2. The Hall–Kier alpha value is -1.32. The van der Waals surface area contributed by atoms with E-state index < -0.39 is 0 Å². The molecule has 2 aromatic carbocycles. The van der Waals surface area contributed by atoms with Gasteiger partial charge in [0.05, 0.1) is 7.11 Å². The SMILES string of the molecule is COc1ccc(Br)c(CC(CO)Cc2ccccc2)c1. The van der Waals surface area contributed by atoms with Gasteiger partial charge in [-0.1, -0.05) is 46.3 Å². The van der Waals surface area contributed by atoms with E-state index in [0.717, 1.165) is 23.1 Å². The standard InChI is InChI=1S/C17H19BrO2/c1-20-16-7-8-17(18)15(11-16)10-14(12-19)9-13-5-3-2-4-6-13/h2-8,11,14,19H,9-10,12H2,1H3. The van der Waals surface area contributed by atoms with Crippen LogP contribution < -0.4 is 4.74 Å². The lowest BCUT2D eigenvalue weighted by atomic mass is 9.93. The van der Waals surface area contributed by atoms with E-state index >= 15 is 0 Å². The summed E-state index contributed by atoms with van der Waals surface area (Å²) in [5, 5.41) is 9.62. The van der Waals surface area contributed by atoms with Crippen LogP contribution in [0.3, 0.4) is 0 Å².